The smallest absolute Gasteiger partial charge is 0.328 e. The Morgan fingerprint density at radius 3 is 2.22 bits per heavy atom. The summed E-state index contributed by atoms with van der Waals surface area (Å²) in [6, 6.07) is -6.00. The molecule has 6 amide bonds. The van der Waals surface area contributed by atoms with Gasteiger partial charge in [0.2, 0.25) is 35.4 Å². The fourth-order valence-corrected chi connectivity index (χ4v) is 6.81. The molecule has 0 spiro atoms. The van der Waals surface area contributed by atoms with Gasteiger partial charge in [0, 0.05) is 26.6 Å². The molecule has 0 radical (unpaired) electrons. The lowest BCUT2D eigenvalue weighted by atomic mass is 10.0. The number of benzene rings is 1. The predicted octanol–water partition coefficient (Wildman–Crippen LogP) is 1.64. The van der Waals surface area contributed by atoms with Gasteiger partial charge in [-0.25, -0.2) is 18.0 Å². The summed E-state index contributed by atoms with van der Waals surface area (Å²) in [5.74, 6) is -9.90. The second-order valence-electron chi connectivity index (χ2n) is 14.0. The normalized spacial score (nSPS) is 25.0. The Bertz CT molecular complexity index is 1620. The lowest BCUT2D eigenvalue weighted by molar-refractivity contribution is -0.158. The molecule has 54 heavy (non-hydrogen) atoms. The van der Waals surface area contributed by atoms with Crippen LogP contribution < -0.4 is 16.0 Å². The van der Waals surface area contributed by atoms with Crippen molar-refractivity contribution in [2.45, 2.75) is 115 Å². The van der Waals surface area contributed by atoms with Gasteiger partial charge in [0.1, 0.15) is 42.9 Å². The summed E-state index contributed by atoms with van der Waals surface area (Å²) < 4.78 is 47.7. The van der Waals surface area contributed by atoms with Crippen molar-refractivity contribution in [3.63, 3.8) is 0 Å². The van der Waals surface area contributed by atoms with Gasteiger partial charge in [-0.1, -0.05) is 25.8 Å². The molecule has 1 aromatic rings. The Balaban J connectivity index is 1.66. The van der Waals surface area contributed by atoms with Crippen molar-refractivity contribution in [1.29, 1.82) is 0 Å². The van der Waals surface area contributed by atoms with Gasteiger partial charge in [-0.2, -0.15) is 0 Å². The van der Waals surface area contributed by atoms with Crippen LogP contribution in [-0.2, 0) is 44.7 Å². The Hall–Kier alpha value is -4.96. The molecular weight excluding hydrogens is 713 g/mol. The maximum Gasteiger partial charge on any atom is 0.328 e. The fraction of sp³-hybridized carbons (Fsp3) is 0.595. The first-order valence-electron chi connectivity index (χ1n) is 18.4. The van der Waals surface area contributed by atoms with E-state index >= 15 is 0 Å². The highest BCUT2D eigenvalue weighted by Gasteiger charge is 2.43. The van der Waals surface area contributed by atoms with Crippen LogP contribution in [0.15, 0.2) is 24.3 Å². The number of likely N-dealkylation sites (N-methyl/N-ethyl adjacent to an activating group) is 1. The highest BCUT2D eigenvalue weighted by molar-refractivity contribution is 5.98. The summed E-state index contributed by atoms with van der Waals surface area (Å²) in [5.41, 5.74) is -0.180. The molecular formula is C37H49F3N6O8. The molecule has 1 aromatic carbocycles. The summed E-state index contributed by atoms with van der Waals surface area (Å²) in [7, 11) is 1.40. The number of amides is 6. The van der Waals surface area contributed by atoms with Crippen molar-refractivity contribution in [3.8, 4) is 0 Å². The van der Waals surface area contributed by atoms with Crippen molar-refractivity contribution in [2.75, 3.05) is 26.7 Å². The minimum absolute atomic E-state index is 0.0863. The van der Waals surface area contributed by atoms with Gasteiger partial charge in [0.05, 0.1) is 0 Å². The van der Waals surface area contributed by atoms with E-state index in [0.717, 1.165) is 19.3 Å². The van der Waals surface area contributed by atoms with E-state index in [1.165, 1.54) is 41.7 Å². The zero-order valence-electron chi connectivity index (χ0n) is 31.0. The quantitative estimate of drug-likeness (QED) is 0.140. The molecule has 0 aliphatic carbocycles. The number of nitrogens with zero attached hydrogens (tertiary/aromatic N) is 3. The van der Waals surface area contributed by atoms with Crippen LogP contribution in [0.3, 0.4) is 0 Å². The number of hydrogen-bond acceptors (Lipinski definition) is 8. The van der Waals surface area contributed by atoms with Gasteiger partial charge in [-0.3, -0.25) is 28.8 Å². The minimum Gasteiger partial charge on any atom is -0.461 e. The molecule has 296 valence electrons. The van der Waals surface area contributed by atoms with Gasteiger partial charge in [0.15, 0.2) is 17.5 Å². The van der Waals surface area contributed by atoms with Crippen molar-refractivity contribution in [1.82, 2.24) is 30.7 Å². The highest BCUT2D eigenvalue weighted by atomic mass is 19.2. The van der Waals surface area contributed by atoms with Crippen molar-refractivity contribution in [3.05, 3.63) is 47.3 Å². The van der Waals surface area contributed by atoms with E-state index in [0.29, 0.717) is 31.4 Å². The molecule has 17 heteroatoms. The number of nitrogens with one attached hydrogen (secondary N) is 3. The summed E-state index contributed by atoms with van der Waals surface area (Å²) in [4.78, 5) is 98.4. The predicted molar refractivity (Wildman–Crippen MR) is 187 cm³/mol. The monoisotopic (exact) mass is 762 g/mol. The van der Waals surface area contributed by atoms with Crippen LogP contribution in [0.1, 0.15) is 77.7 Å². The summed E-state index contributed by atoms with van der Waals surface area (Å²) >= 11 is 0. The Morgan fingerprint density at radius 1 is 0.944 bits per heavy atom. The number of unbranched alkanes of at least 4 members (excludes halogenated alkanes) is 3. The van der Waals surface area contributed by atoms with Crippen LogP contribution in [-0.4, -0.2) is 119 Å². The summed E-state index contributed by atoms with van der Waals surface area (Å²) in [6.07, 6.45) is 6.87. The molecule has 3 N–H and O–H groups in total. The first-order valence-corrected chi connectivity index (χ1v) is 18.4. The number of allylic oxidation sites excluding steroid dienone is 1. The van der Waals surface area contributed by atoms with E-state index in [4.69, 9.17) is 4.74 Å². The third-order valence-electron chi connectivity index (χ3n) is 10.0. The number of rotatable bonds is 10. The zero-order chi connectivity index (χ0) is 39.7. The maximum atomic E-state index is 14.2. The van der Waals surface area contributed by atoms with E-state index in [9.17, 15) is 46.7 Å². The third kappa shape index (κ3) is 10.2. The molecule has 0 bridgehead atoms. The number of carbonyl (C=O) groups is 7. The van der Waals surface area contributed by atoms with E-state index in [2.05, 4.69) is 16.0 Å². The second-order valence-corrected chi connectivity index (χ2v) is 14.0. The summed E-state index contributed by atoms with van der Waals surface area (Å²) in [5, 5.41) is 7.58. The lowest BCUT2D eigenvalue weighted by Crippen LogP contribution is -2.60. The first kappa shape index (κ1) is 41.8. The molecule has 3 saturated heterocycles. The average Bonchev–Trinajstić information content (AvgIpc) is 3.84. The Kier molecular flexibility index (Phi) is 14.6. The summed E-state index contributed by atoms with van der Waals surface area (Å²) in [6.45, 7) is 4.51. The van der Waals surface area contributed by atoms with Gasteiger partial charge in [-0.05, 0) is 76.1 Å². The van der Waals surface area contributed by atoms with E-state index in [1.807, 2.05) is 6.92 Å². The van der Waals surface area contributed by atoms with E-state index < -0.39 is 108 Å². The SMILES string of the molecule is CCCCCC=CC(=O)NC(Cc1cc(F)c(F)c(F)c1)C(=O)N[C@H]1COC(=O)[C@@H]2CCCN2C(=O)[C@H](C)NC(=O)[C@H](C)N(C)C(=O)[C@@H]2CCCN2C1=O. The molecule has 3 heterocycles. The Labute approximate surface area is 312 Å². The zero-order valence-corrected chi connectivity index (χ0v) is 31.0. The number of cyclic esters (lactones) is 1. The van der Waals surface area contributed by atoms with Crippen LogP contribution in [0.2, 0.25) is 0 Å². The van der Waals surface area contributed by atoms with Gasteiger partial charge >= 0.3 is 5.97 Å². The highest BCUT2D eigenvalue weighted by Crippen LogP contribution is 2.24. The standard InChI is InChI=1S/C37H49F3N6O8/c1-5-6-7-8-9-14-30(47)42-26(19-23-17-24(38)31(40)25(39)18-23)33(49)43-27-20-54-37(53)29-13-11-16-46(29)34(50)21(2)41-32(48)22(3)44(4)36(52)28-12-10-15-45(28)35(27)51/h9,14,17-18,21-22,26-29H,5-8,10-13,15-16,19-20H2,1-4H3,(H,41,48)(H,42,47)(H,43,49)/t21-,22-,26?,27-,28-,29-/m0/s1. The van der Waals surface area contributed by atoms with Crippen LogP contribution in [0.5, 0.6) is 0 Å². The molecule has 14 nitrogen and oxygen atoms in total. The van der Waals surface area contributed by atoms with Crippen molar-refractivity contribution < 1.29 is 51.5 Å². The molecule has 0 aromatic heterocycles. The van der Waals surface area contributed by atoms with Gasteiger partial charge in [0.25, 0.3) is 0 Å². The second kappa shape index (κ2) is 18.9. The molecule has 3 aliphatic rings. The molecule has 3 aliphatic heterocycles. The number of carbonyl (C=O) groups excluding carboxylic acids is 7. The molecule has 0 saturated carbocycles. The van der Waals surface area contributed by atoms with Crippen LogP contribution >= 0.6 is 0 Å². The fourth-order valence-electron chi connectivity index (χ4n) is 6.81. The number of hydrogen-bond donors (Lipinski definition) is 3. The van der Waals surface area contributed by atoms with Crippen LogP contribution in [0, 0.1) is 17.5 Å². The largest absolute Gasteiger partial charge is 0.461 e. The van der Waals surface area contributed by atoms with Crippen LogP contribution in [0.25, 0.3) is 0 Å². The molecule has 3 fully saturated rings. The molecule has 4 rings (SSSR count). The van der Waals surface area contributed by atoms with Crippen molar-refractivity contribution >= 4 is 41.4 Å². The third-order valence-corrected chi connectivity index (χ3v) is 10.0. The molecule has 6 atom stereocenters. The van der Waals surface area contributed by atoms with Crippen molar-refractivity contribution in [2.24, 2.45) is 0 Å². The average molecular weight is 763 g/mol. The number of halogens is 3. The van der Waals surface area contributed by atoms with Gasteiger partial charge < -0.3 is 35.4 Å². The minimum atomic E-state index is -1.72. The number of ether oxygens (including phenoxy) is 1. The van der Waals surface area contributed by atoms with Crippen LogP contribution in [0.4, 0.5) is 13.2 Å². The molecule has 1 unspecified atom stereocenters. The maximum absolute atomic E-state index is 14.2. The Morgan fingerprint density at radius 2 is 1.57 bits per heavy atom. The number of fused-ring (bicyclic) bond motifs is 2. The number of esters is 1. The first-order chi connectivity index (χ1) is 25.6. The van der Waals surface area contributed by atoms with E-state index in [-0.39, 0.29) is 31.5 Å². The lowest BCUT2D eigenvalue weighted by Gasteiger charge is -2.34. The topological polar surface area (TPSA) is 175 Å². The van der Waals surface area contributed by atoms with Gasteiger partial charge in [-0.15, -0.1) is 0 Å². The van der Waals surface area contributed by atoms with E-state index in [1.54, 1.807) is 6.08 Å².